The Labute approximate surface area is 133 Å². The second-order valence-corrected chi connectivity index (χ2v) is 6.50. The summed E-state index contributed by atoms with van der Waals surface area (Å²) in [6, 6.07) is 7.81. The first-order valence-electron chi connectivity index (χ1n) is 7.00. The van der Waals surface area contributed by atoms with Crippen LogP contribution in [0.1, 0.15) is 29.9 Å². The minimum Gasteiger partial charge on any atom is -0.308 e. The van der Waals surface area contributed by atoms with E-state index in [2.05, 4.69) is 10.4 Å². The minimum absolute atomic E-state index is 0.711. The summed E-state index contributed by atoms with van der Waals surface area (Å²) in [5.41, 5.74) is 5.05. The molecule has 0 atom stereocenters. The first kappa shape index (κ1) is 14.6. The number of hydrogen-bond acceptors (Lipinski definition) is 5. The highest BCUT2D eigenvalue weighted by Gasteiger charge is 2.17. The molecule has 2 aromatic rings. The number of benzene rings is 1. The molecule has 21 heavy (non-hydrogen) atoms. The Morgan fingerprint density at radius 3 is 2.90 bits per heavy atom. The number of nitrogen functional groups attached to an aromatic ring is 1. The monoisotopic (exact) mass is 320 g/mol. The van der Waals surface area contributed by atoms with Crippen molar-refractivity contribution in [1.82, 2.24) is 9.97 Å². The molecule has 0 saturated heterocycles. The van der Waals surface area contributed by atoms with E-state index in [1.54, 1.807) is 11.8 Å². The Bertz CT molecular complexity index is 630. The van der Waals surface area contributed by atoms with Gasteiger partial charge in [-0.05, 0) is 43.9 Å². The number of thioether (sulfide) groups is 1. The standard InChI is InChI=1S/C15H17ClN4S/c16-10-4-3-5-11(8-10)21-9-14-18-13-7-2-1-6-12(13)15(19-14)20-17/h3-5,8H,1-2,6-7,9,17H2,(H,18,19,20). The molecule has 0 unspecified atom stereocenters. The maximum atomic E-state index is 6.00. The van der Waals surface area contributed by atoms with E-state index in [0.717, 1.165) is 40.1 Å². The van der Waals surface area contributed by atoms with Gasteiger partial charge < -0.3 is 5.43 Å². The number of hydrogen-bond donors (Lipinski definition) is 2. The predicted octanol–water partition coefficient (Wildman–Crippen LogP) is 3.59. The van der Waals surface area contributed by atoms with Crippen molar-refractivity contribution in [2.24, 2.45) is 5.84 Å². The topological polar surface area (TPSA) is 63.8 Å². The molecular weight excluding hydrogens is 304 g/mol. The lowest BCUT2D eigenvalue weighted by molar-refractivity contribution is 0.659. The molecule has 1 heterocycles. The number of aromatic nitrogens is 2. The van der Waals surface area contributed by atoms with Crippen molar-refractivity contribution in [3.05, 3.63) is 46.4 Å². The molecule has 0 amide bonds. The van der Waals surface area contributed by atoms with E-state index < -0.39 is 0 Å². The van der Waals surface area contributed by atoms with E-state index in [0.29, 0.717) is 5.75 Å². The number of aryl methyl sites for hydroxylation is 1. The van der Waals surface area contributed by atoms with Crippen molar-refractivity contribution in [3.63, 3.8) is 0 Å². The molecule has 6 heteroatoms. The number of anilines is 1. The van der Waals surface area contributed by atoms with Gasteiger partial charge in [0.2, 0.25) is 0 Å². The molecule has 1 aliphatic rings. The van der Waals surface area contributed by atoms with E-state index in [-0.39, 0.29) is 0 Å². The van der Waals surface area contributed by atoms with Gasteiger partial charge in [-0.1, -0.05) is 17.7 Å². The number of fused-ring (bicyclic) bond motifs is 1. The zero-order valence-corrected chi connectivity index (χ0v) is 13.2. The molecule has 0 spiro atoms. The lowest BCUT2D eigenvalue weighted by Crippen LogP contribution is -2.17. The molecule has 0 saturated carbocycles. The van der Waals surface area contributed by atoms with E-state index in [9.17, 15) is 0 Å². The normalized spacial score (nSPS) is 13.8. The molecule has 110 valence electrons. The molecular formula is C15H17ClN4S. The molecule has 0 radical (unpaired) electrons. The number of hydrazine groups is 1. The van der Waals surface area contributed by atoms with Crippen LogP contribution >= 0.6 is 23.4 Å². The van der Waals surface area contributed by atoms with Crippen molar-refractivity contribution >= 4 is 29.2 Å². The lowest BCUT2D eigenvalue weighted by atomic mass is 9.96. The fourth-order valence-corrected chi connectivity index (χ4v) is 3.60. The van der Waals surface area contributed by atoms with Gasteiger partial charge in [0.1, 0.15) is 11.6 Å². The Kier molecular flexibility index (Phi) is 4.63. The maximum absolute atomic E-state index is 6.00. The molecule has 1 aromatic carbocycles. The average Bonchev–Trinajstić information content (AvgIpc) is 2.52. The number of nitrogens with zero attached hydrogens (tertiary/aromatic N) is 2. The summed E-state index contributed by atoms with van der Waals surface area (Å²) in [6.07, 6.45) is 4.40. The molecule has 4 nitrogen and oxygen atoms in total. The minimum atomic E-state index is 0.711. The van der Waals surface area contributed by atoms with Crippen LogP contribution < -0.4 is 11.3 Å². The Balaban J connectivity index is 1.79. The van der Waals surface area contributed by atoms with Crippen LogP contribution in [0.3, 0.4) is 0 Å². The van der Waals surface area contributed by atoms with Gasteiger partial charge in [0.05, 0.1) is 5.75 Å². The van der Waals surface area contributed by atoms with Crippen LogP contribution in [0.5, 0.6) is 0 Å². The Morgan fingerprint density at radius 1 is 1.24 bits per heavy atom. The third kappa shape index (κ3) is 3.48. The number of nitrogens with two attached hydrogens (primary N) is 1. The van der Waals surface area contributed by atoms with Gasteiger partial charge in [-0.25, -0.2) is 15.8 Å². The van der Waals surface area contributed by atoms with E-state index >= 15 is 0 Å². The first-order chi connectivity index (χ1) is 10.3. The summed E-state index contributed by atoms with van der Waals surface area (Å²) in [7, 11) is 0. The molecule has 0 fully saturated rings. The number of rotatable bonds is 4. The summed E-state index contributed by atoms with van der Waals surface area (Å²) in [5.74, 6) is 7.91. The largest absolute Gasteiger partial charge is 0.308 e. The predicted molar refractivity (Wildman–Crippen MR) is 87.5 cm³/mol. The summed E-state index contributed by atoms with van der Waals surface area (Å²) in [6.45, 7) is 0. The van der Waals surface area contributed by atoms with Crippen molar-refractivity contribution in [3.8, 4) is 0 Å². The zero-order valence-electron chi connectivity index (χ0n) is 11.6. The number of halogens is 1. The fourth-order valence-electron chi connectivity index (χ4n) is 2.53. The Morgan fingerprint density at radius 2 is 2.10 bits per heavy atom. The summed E-state index contributed by atoms with van der Waals surface area (Å²) >= 11 is 7.68. The van der Waals surface area contributed by atoms with Gasteiger partial charge >= 0.3 is 0 Å². The van der Waals surface area contributed by atoms with Gasteiger partial charge in [-0.2, -0.15) is 0 Å². The van der Waals surface area contributed by atoms with Crippen molar-refractivity contribution < 1.29 is 0 Å². The quantitative estimate of drug-likeness (QED) is 0.512. The third-order valence-corrected chi connectivity index (χ3v) is 4.76. The van der Waals surface area contributed by atoms with E-state index in [1.807, 2.05) is 24.3 Å². The second kappa shape index (κ2) is 6.64. The lowest BCUT2D eigenvalue weighted by Gasteiger charge is -2.18. The van der Waals surface area contributed by atoms with Crippen molar-refractivity contribution in [2.45, 2.75) is 36.3 Å². The molecule has 1 aromatic heterocycles. The summed E-state index contributed by atoms with van der Waals surface area (Å²) in [5, 5.41) is 0.746. The summed E-state index contributed by atoms with van der Waals surface area (Å²) < 4.78 is 0. The van der Waals surface area contributed by atoms with Crippen LogP contribution in [0, 0.1) is 0 Å². The smallest absolute Gasteiger partial charge is 0.147 e. The average molecular weight is 321 g/mol. The number of nitrogens with one attached hydrogen (secondary N) is 1. The molecule has 0 aliphatic heterocycles. The first-order valence-corrected chi connectivity index (χ1v) is 8.36. The third-order valence-electron chi connectivity index (χ3n) is 3.53. The van der Waals surface area contributed by atoms with Gasteiger partial charge in [0.25, 0.3) is 0 Å². The van der Waals surface area contributed by atoms with Crippen LogP contribution in [0.4, 0.5) is 5.82 Å². The highest BCUT2D eigenvalue weighted by atomic mass is 35.5. The van der Waals surface area contributed by atoms with Crippen LogP contribution in [0.2, 0.25) is 5.02 Å². The van der Waals surface area contributed by atoms with Gasteiger partial charge in [-0.3, -0.25) is 0 Å². The van der Waals surface area contributed by atoms with E-state index in [4.69, 9.17) is 22.4 Å². The van der Waals surface area contributed by atoms with Crippen LogP contribution in [-0.2, 0) is 18.6 Å². The van der Waals surface area contributed by atoms with Crippen molar-refractivity contribution in [1.29, 1.82) is 0 Å². The molecule has 1 aliphatic carbocycles. The second-order valence-electron chi connectivity index (χ2n) is 5.01. The van der Waals surface area contributed by atoms with Crippen LogP contribution in [0.15, 0.2) is 29.2 Å². The van der Waals surface area contributed by atoms with Crippen LogP contribution in [0.25, 0.3) is 0 Å². The fraction of sp³-hybridized carbons (Fsp3) is 0.333. The highest BCUT2D eigenvalue weighted by molar-refractivity contribution is 7.98. The van der Waals surface area contributed by atoms with E-state index in [1.165, 1.54) is 18.4 Å². The van der Waals surface area contributed by atoms with Crippen LogP contribution in [-0.4, -0.2) is 9.97 Å². The molecule has 3 N–H and O–H groups in total. The Hall–Kier alpha value is -1.30. The highest BCUT2D eigenvalue weighted by Crippen LogP contribution is 2.28. The SMILES string of the molecule is NNc1nc(CSc2cccc(Cl)c2)nc2c1CCCC2. The molecule has 3 rings (SSSR count). The van der Waals surface area contributed by atoms with Crippen molar-refractivity contribution in [2.75, 3.05) is 5.43 Å². The molecule has 0 bridgehead atoms. The zero-order chi connectivity index (χ0) is 14.7. The van der Waals surface area contributed by atoms with Gasteiger partial charge in [0, 0.05) is 21.2 Å². The summed E-state index contributed by atoms with van der Waals surface area (Å²) in [4.78, 5) is 10.4. The van der Waals surface area contributed by atoms with Gasteiger partial charge in [0.15, 0.2) is 0 Å². The van der Waals surface area contributed by atoms with Gasteiger partial charge in [-0.15, -0.1) is 11.8 Å². The maximum Gasteiger partial charge on any atom is 0.147 e.